The Morgan fingerprint density at radius 1 is 1.17 bits per heavy atom. The molecule has 1 aliphatic heterocycles. The third kappa shape index (κ3) is 5.34. The van der Waals surface area contributed by atoms with Gasteiger partial charge in [-0.1, -0.05) is 12.1 Å². The number of rotatable bonds is 7. The number of hydrogen-bond donors (Lipinski definition) is 1. The first kappa shape index (κ1) is 22.2. The Kier molecular flexibility index (Phi) is 7.04. The maximum absolute atomic E-state index is 12.6. The van der Waals surface area contributed by atoms with Crippen molar-refractivity contribution in [2.45, 2.75) is 36.1 Å². The molecule has 162 valence electrons. The van der Waals surface area contributed by atoms with E-state index in [2.05, 4.69) is 10.2 Å². The Labute approximate surface area is 174 Å². The first-order valence-electron chi connectivity index (χ1n) is 9.58. The number of alkyl halides is 2. The lowest BCUT2D eigenvalue weighted by atomic mass is 10.0. The first-order valence-corrected chi connectivity index (χ1v) is 11.1. The molecule has 1 aliphatic rings. The molecule has 2 aromatic rings. The van der Waals surface area contributed by atoms with Crippen LogP contribution in [0.1, 0.15) is 28.8 Å². The molecular weight excluding hydrogens is 414 g/mol. The Balaban J connectivity index is 1.51. The number of nitrogens with one attached hydrogen (secondary N) is 1. The van der Waals surface area contributed by atoms with Gasteiger partial charge in [0.2, 0.25) is 9.84 Å². The van der Waals surface area contributed by atoms with E-state index in [0.29, 0.717) is 0 Å². The number of piperidine rings is 1. The van der Waals surface area contributed by atoms with Crippen molar-refractivity contribution in [3.8, 4) is 5.75 Å². The van der Waals surface area contributed by atoms with Crippen molar-refractivity contribution in [3.63, 3.8) is 0 Å². The van der Waals surface area contributed by atoms with Crippen LogP contribution in [-0.4, -0.2) is 51.2 Å². The van der Waals surface area contributed by atoms with E-state index in [9.17, 15) is 22.0 Å². The summed E-state index contributed by atoms with van der Waals surface area (Å²) in [6.45, 7) is 2.46. The minimum Gasteiger partial charge on any atom is -0.497 e. The number of nitrogens with zero attached hydrogens (tertiary/aromatic N) is 1. The smallest absolute Gasteiger partial charge is 0.341 e. The third-order valence-corrected chi connectivity index (χ3v) is 6.54. The second kappa shape index (κ2) is 9.53. The topological polar surface area (TPSA) is 75.7 Å². The van der Waals surface area contributed by atoms with Crippen molar-refractivity contribution < 1.29 is 26.7 Å². The van der Waals surface area contributed by atoms with Gasteiger partial charge in [-0.05, 0) is 54.8 Å². The molecule has 0 saturated carbocycles. The molecule has 0 radical (unpaired) electrons. The summed E-state index contributed by atoms with van der Waals surface area (Å²) in [6, 6.07) is 12.5. The Hall–Kier alpha value is -2.52. The van der Waals surface area contributed by atoms with E-state index in [1.165, 1.54) is 12.1 Å². The predicted octanol–water partition coefficient (Wildman–Crippen LogP) is 3.09. The molecule has 0 spiro atoms. The molecule has 1 saturated heterocycles. The molecule has 1 heterocycles. The third-order valence-electron chi connectivity index (χ3n) is 5.14. The average molecular weight is 438 g/mol. The fraction of sp³-hybridized carbons (Fsp3) is 0.381. The highest BCUT2D eigenvalue weighted by Gasteiger charge is 2.27. The number of sulfone groups is 1. The number of carbonyl (C=O) groups excluding carboxylic acids is 1. The van der Waals surface area contributed by atoms with E-state index < -0.39 is 20.5 Å². The van der Waals surface area contributed by atoms with Gasteiger partial charge >= 0.3 is 5.76 Å². The highest BCUT2D eigenvalue weighted by atomic mass is 32.2. The molecular formula is C21H24F2N2O4S. The van der Waals surface area contributed by atoms with Crippen molar-refractivity contribution in [3.05, 3.63) is 59.7 Å². The molecule has 0 unspecified atom stereocenters. The van der Waals surface area contributed by atoms with Crippen LogP contribution in [-0.2, 0) is 16.4 Å². The molecule has 6 nitrogen and oxygen atoms in total. The van der Waals surface area contributed by atoms with E-state index in [1.807, 2.05) is 24.3 Å². The van der Waals surface area contributed by atoms with Crippen LogP contribution < -0.4 is 10.1 Å². The molecule has 0 atom stereocenters. The van der Waals surface area contributed by atoms with Gasteiger partial charge in [0.1, 0.15) is 5.75 Å². The van der Waals surface area contributed by atoms with Crippen LogP contribution in [0.25, 0.3) is 0 Å². The van der Waals surface area contributed by atoms with Crippen LogP contribution >= 0.6 is 0 Å². The normalized spacial score (nSPS) is 15.9. The van der Waals surface area contributed by atoms with Crippen LogP contribution in [0.4, 0.5) is 8.78 Å². The minimum absolute atomic E-state index is 0.00327. The van der Waals surface area contributed by atoms with Gasteiger partial charge in [0.15, 0.2) is 0 Å². The molecule has 0 aromatic heterocycles. The molecule has 1 fully saturated rings. The summed E-state index contributed by atoms with van der Waals surface area (Å²) < 4.78 is 53.4. The van der Waals surface area contributed by atoms with E-state index in [4.69, 9.17) is 4.74 Å². The van der Waals surface area contributed by atoms with Crippen molar-refractivity contribution in [2.24, 2.45) is 0 Å². The molecule has 9 heteroatoms. The summed E-state index contributed by atoms with van der Waals surface area (Å²) in [5.41, 5.74) is 1.40. The van der Waals surface area contributed by atoms with Crippen LogP contribution in [0.5, 0.6) is 5.75 Å². The molecule has 1 N–H and O–H groups in total. The monoisotopic (exact) mass is 438 g/mol. The van der Waals surface area contributed by atoms with Crippen molar-refractivity contribution in [2.75, 3.05) is 20.2 Å². The summed E-state index contributed by atoms with van der Waals surface area (Å²) in [4.78, 5) is 14.2. The quantitative estimate of drug-likeness (QED) is 0.719. The summed E-state index contributed by atoms with van der Waals surface area (Å²) >= 11 is 0. The van der Waals surface area contributed by atoms with Gasteiger partial charge in [-0.3, -0.25) is 9.69 Å². The lowest BCUT2D eigenvalue weighted by Gasteiger charge is -2.32. The molecule has 3 rings (SSSR count). The van der Waals surface area contributed by atoms with Crippen LogP contribution in [0.2, 0.25) is 0 Å². The van der Waals surface area contributed by atoms with Gasteiger partial charge in [-0.15, -0.1) is 0 Å². The SMILES string of the molecule is COc1cccc(CN2CCC(NC(=O)c3ccc(S(=O)(=O)C(F)F)cc3)CC2)c1. The molecule has 1 amide bonds. The van der Waals surface area contributed by atoms with Crippen LogP contribution in [0.15, 0.2) is 53.4 Å². The van der Waals surface area contributed by atoms with E-state index in [-0.39, 0.29) is 17.5 Å². The maximum Gasteiger partial charge on any atom is 0.341 e. The van der Waals surface area contributed by atoms with Gasteiger partial charge in [-0.25, -0.2) is 8.42 Å². The zero-order chi connectivity index (χ0) is 21.7. The number of amides is 1. The highest BCUT2D eigenvalue weighted by Crippen LogP contribution is 2.20. The Morgan fingerprint density at radius 3 is 2.43 bits per heavy atom. The van der Waals surface area contributed by atoms with Crippen molar-refractivity contribution >= 4 is 15.7 Å². The van der Waals surface area contributed by atoms with E-state index in [1.54, 1.807) is 7.11 Å². The zero-order valence-corrected chi connectivity index (χ0v) is 17.4. The number of likely N-dealkylation sites (tertiary alicyclic amines) is 1. The van der Waals surface area contributed by atoms with E-state index >= 15 is 0 Å². The second-order valence-corrected chi connectivity index (χ2v) is 9.12. The lowest BCUT2D eigenvalue weighted by Crippen LogP contribution is -2.44. The fourth-order valence-corrected chi connectivity index (χ4v) is 4.15. The van der Waals surface area contributed by atoms with Crippen LogP contribution in [0, 0.1) is 0 Å². The summed E-state index contributed by atoms with van der Waals surface area (Å²) in [7, 11) is -3.02. The van der Waals surface area contributed by atoms with Gasteiger partial charge in [0.05, 0.1) is 12.0 Å². The fourth-order valence-electron chi connectivity index (χ4n) is 3.43. The number of methoxy groups -OCH3 is 1. The predicted molar refractivity (Wildman–Crippen MR) is 108 cm³/mol. The largest absolute Gasteiger partial charge is 0.497 e. The van der Waals surface area contributed by atoms with E-state index in [0.717, 1.165) is 55.9 Å². The molecule has 0 aliphatic carbocycles. The van der Waals surface area contributed by atoms with Gasteiger partial charge < -0.3 is 10.1 Å². The maximum atomic E-state index is 12.6. The number of benzene rings is 2. The van der Waals surface area contributed by atoms with Crippen molar-refractivity contribution in [1.82, 2.24) is 10.2 Å². The van der Waals surface area contributed by atoms with Gasteiger partial charge in [0.25, 0.3) is 5.91 Å². The first-order chi connectivity index (χ1) is 14.3. The number of ether oxygens (including phenoxy) is 1. The second-order valence-electron chi connectivity index (χ2n) is 7.21. The Bertz CT molecular complexity index is 973. The number of carbonyl (C=O) groups is 1. The van der Waals surface area contributed by atoms with Crippen LogP contribution in [0.3, 0.4) is 0 Å². The summed E-state index contributed by atoms with van der Waals surface area (Å²) in [5, 5.41) is 2.94. The number of halogens is 2. The molecule has 0 bridgehead atoms. The number of hydrogen-bond acceptors (Lipinski definition) is 5. The average Bonchev–Trinajstić information content (AvgIpc) is 2.75. The summed E-state index contributed by atoms with van der Waals surface area (Å²) in [6.07, 6.45) is 1.57. The van der Waals surface area contributed by atoms with Gasteiger partial charge in [-0.2, -0.15) is 8.78 Å². The standard InChI is InChI=1S/C21H24F2N2O4S/c1-29-18-4-2-3-15(13-18)14-25-11-9-17(10-12-25)24-20(26)16-5-7-19(8-6-16)30(27,28)21(22)23/h2-8,13,17,21H,9-12,14H2,1H3,(H,24,26). The molecule has 2 aromatic carbocycles. The molecule has 30 heavy (non-hydrogen) atoms. The van der Waals surface area contributed by atoms with Crippen molar-refractivity contribution in [1.29, 1.82) is 0 Å². The summed E-state index contributed by atoms with van der Waals surface area (Å²) in [5.74, 6) is -3.01. The highest BCUT2D eigenvalue weighted by molar-refractivity contribution is 7.91. The minimum atomic E-state index is -4.66. The zero-order valence-electron chi connectivity index (χ0n) is 16.6. The van der Waals surface area contributed by atoms with Gasteiger partial charge in [0, 0.05) is 31.2 Å². The lowest BCUT2D eigenvalue weighted by molar-refractivity contribution is 0.0909. The Morgan fingerprint density at radius 2 is 1.83 bits per heavy atom.